The first kappa shape index (κ1) is 17.5. The average molecular weight is 355 g/mol. The third-order valence-electron chi connectivity index (χ3n) is 5.84. The van der Waals surface area contributed by atoms with E-state index in [0.29, 0.717) is 0 Å². The van der Waals surface area contributed by atoms with Crippen molar-refractivity contribution in [2.75, 3.05) is 25.0 Å². The largest absolute Gasteiger partial charge is 0.366 e. The molecule has 0 aromatic carbocycles. The zero-order valence-electron chi connectivity index (χ0n) is 15.8. The van der Waals surface area contributed by atoms with Gasteiger partial charge in [-0.1, -0.05) is 19.3 Å². The summed E-state index contributed by atoms with van der Waals surface area (Å²) in [5, 5.41) is 7.74. The number of nitrogens with one attached hydrogen (secondary N) is 1. The van der Waals surface area contributed by atoms with Gasteiger partial charge in [-0.25, -0.2) is 9.97 Å². The Labute approximate surface area is 156 Å². The lowest BCUT2D eigenvalue weighted by molar-refractivity contribution is 0.207. The van der Waals surface area contributed by atoms with Crippen LogP contribution in [-0.2, 0) is 26.4 Å². The lowest BCUT2D eigenvalue weighted by Crippen LogP contribution is -2.32. The molecule has 3 heterocycles. The third kappa shape index (κ3) is 4.23. The maximum atomic E-state index is 4.59. The van der Waals surface area contributed by atoms with E-state index in [4.69, 9.17) is 0 Å². The van der Waals surface area contributed by atoms with Crippen molar-refractivity contribution in [3.63, 3.8) is 0 Å². The van der Waals surface area contributed by atoms with Crippen LogP contribution in [0.4, 0.5) is 5.82 Å². The van der Waals surface area contributed by atoms with E-state index in [9.17, 15) is 0 Å². The van der Waals surface area contributed by atoms with E-state index >= 15 is 0 Å². The van der Waals surface area contributed by atoms with Gasteiger partial charge in [0.25, 0.3) is 0 Å². The molecule has 4 rings (SSSR count). The third-order valence-corrected chi connectivity index (χ3v) is 5.84. The molecule has 2 aromatic heterocycles. The Hall–Kier alpha value is -1.95. The van der Waals surface area contributed by atoms with E-state index < -0.39 is 0 Å². The zero-order chi connectivity index (χ0) is 17.8. The van der Waals surface area contributed by atoms with Crippen LogP contribution in [0, 0.1) is 5.92 Å². The van der Waals surface area contributed by atoms with E-state index in [1.54, 1.807) is 6.33 Å². The highest BCUT2D eigenvalue weighted by atomic mass is 15.2. The normalized spacial score (nSPS) is 19.1. The van der Waals surface area contributed by atoms with Gasteiger partial charge in [0.05, 0.1) is 11.9 Å². The summed E-state index contributed by atoms with van der Waals surface area (Å²) in [6.45, 7) is 4.27. The molecule has 0 spiro atoms. The van der Waals surface area contributed by atoms with Gasteiger partial charge in [-0.2, -0.15) is 5.10 Å². The van der Waals surface area contributed by atoms with Gasteiger partial charge in [0.1, 0.15) is 12.1 Å². The molecule has 1 aliphatic heterocycles. The van der Waals surface area contributed by atoms with Crippen LogP contribution in [0.15, 0.2) is 18.7 Å². The Morgan fingerprint density at radius 1 is 1.12 bits per heavy atom. The molecule has 1 saturated carbocycles. The first-order chi connectivity index (χ1) is 12.8. The first-order valence-electron chi connectivity index (χ1n) is 10.0. The second-order valence-corrected chi connectivity index (χ2v) is 7.83. The van der Waals surface area contributed by atoms with E-state index in [1.165, 1.54) is 55.5 Å². The van der Waals surface area contributed by atoms with Crippen LogP contribution in [0.25, 0.3) is 0 Å². The summed E-state index contributed by atoms with van der Waals surface area (Å²) in [4.78, 5) is 11.8. The van der Waals surface area contributed by atoms with Gasteiger partial charge in [0.2, 0.25) is 0 Å². The molecular formula is C20H30N6. The van der Waals surface area contributed by atoms with Gasteiger partial charge >= 0.3 is 0 Å². The molecule has 0 bridgehead atoms. The van der Waals surface area contributed by atoms with E-state index in [2.05, 4.69) is 25.3 Å². The second-order valence-electron chi connectivity index (χ2n) is 7.83. The first-order valence-corrected chi connectivity index (χ1v) is 10.0. The number of hydrogen-bond acceptors (Lipinski definition) is 5. The van der Waals surface area contributed by atoms with E-state index in [-0.39, 0.29) is 0 Å². The molecule has 1 fully saturated rings. The minimum atomic E-state index is 0.753. The number of hydrogen-bond donors (Lipinski definition) is 1. The second kappa shape index (κ2) is 8.16. The summed E-state index contributed by atoms with van der Waals surface area (Å²) in [6.07, 6.45) is 14.8. The van der Waals surface area contributed by atoms with Gasteiger partial charge in [-0.15, -0.1) is 0 Å². The highest BCUT2D eigenvalue weighted by Crippen LogP contribution is 2.26. The number of aryl methyl sites for hydroxylation is 1. The van der Waals surface area contributed by atoms with Crippen molar-refractivity contribution in [3.8, 4) is 0 Å². The molecule has 140 valence electrons. The topological polar surface area (TPSA) is 58.9 Å². The maximum absolute atomic E-state index is 4.59. The SMILES string of the molecule is Cn1cc(CNc2ncnc3c2CCN(CC2CCCCC2)CC3)cn1. The van der Waals surface area contributed by atoms with Gasteiger partial charge < -0.3 is 10.2 Å². The molecule has 0 unspecified atom stereocenters. The Balaban J connectivity index is 1.39. The molecule has 1 aliphatic carbocycles. The molecule has 0 atom stereocenters. The van der Waals surface area contributed by atoms with Crippen LogP contribution in [0.5, 0.6) is 0 Å². The lowest BCUT2D eigenvalue weighted by atomic mass is 9.89. The van der Waals surface area contributed by atoms with Gasteiger partial charge in [-0.05, 0) is 25.2 Å². The minimum absolute atomic E-state index is 0.753. The van der Waals surface area contributed by atoms with Crippen molar-refractivity contribution in [1.82, 2.24) is 24.6 Å². The predicted molar refractivity (Wildman–Crippen MR) is 103 cm³/mol. The summed E-state index contributed by atoms with van der Waals surface area (Å²) in [6, 6.07) is 0. The summed E-state index contributed by atoms with van der Waals surface area (Å²) in [5.74, 6) is 1.90. The molecule has 26 heavy (non-hydrogen) atoms. The fourth-order valence-electron chi connectivity index (χ4n) is 4.39. The fraction of sp³-hybridized carbons (Fsp3) is 0.650. The van der Waals surface area contributed by atoms with Crippen molar-refractivity contribution >= 4 is 5.82 Å². The molecule has 6 heteroatoms. The number of fused-ring (bicyclic) bond motifs is 1. The molecule has 0 amide bonds. The van der Waals surface area contributed by atoms with Crippen molar-refractivity contribution in [3.05, 3.63) is 35.5 Å². The number of rotatable bonds is 5. The minimum Gasteiger partial charge on any atom is -0.366 e. The van der Waals surface area contributed by atoms with E-state index in [1.807, 2.05) is 24.1 Å². The quantitative estimate of drug-likeness (QED) is 0.895. The predicted octanol–water partition coefficient (Wildman–Crippen LogP) is 2.80. The van der Waals surface area contributed by atoms with Crippen molar-refractivity contribution in [2.45, 2.75) is 51.5 Å². The highest BCUT2D eigenvalue weighted by molar-refractivity contribution is 5.47. The van der Waals surface area contributed by atoms with Gasteiger partial charge in [-0.3, -0.25) is 4.68 Å². The number of anilines is 1. The van der Waals surface area contributed by atoms with E-state index in [0.717, 1.165) is 44.2 Å². The van der Waals surface area contributed by atoms with Crippen molar-refractivity contribution in [2.24, 2.45) is 13.0 Å². The van der Waals surface area contributed by atoms with Crippen LogP contribution in [-0.4, -0.2) is 44.3 Å². The number of nitrogens with zero attached hydrogens (tertiary/aromatic N) is 5. The van der Waals surface area contributed by atoms with Crippen LogP contribution >= 0.6 is 0 Å². The standard InChI is InChI=1S/C20H30N6/c1-25-13-17(12-24-25)11-21-20-18-7-9-26(10-8-19(18)22-15-23-20)14-16-5-3-2-4-6-16/h12-13,15-16H,2-11,14H2,1H3,(H,21,22,23). The van der Waals surface area contributed by atoms with Crippen molar-refractivity contribution < 1.29 is 0 Å². The molecule has 2 aromatic rings. The molecule has 2 aliphatic rings. The molecule has 1 N–H and O–H groups in total. The van der Waals surface area contributed by atoms with Crippen LogP contribution < -0.4 is 5.32 Å². The Kier molecular flexibility index (Phi) is 5.48. The summed E-state index contributed by atoms with van der Waals surface area (Å²) < 4.78 is 1.83. The monoisotopic (exact) mass is 354 g/mol. The highest BCUT2D eigenvalue weighted by Gasteiger charge is 2.22. The Morgan fingerprint density at radius 2 is 1.96 bits per heavy atom. The average Bonchev–Trinajstić information content (AvgIpc) is 2.97. The summed E-state index contributed by atoms with van der Waals surface area (Å²) >= 11 is 0. The summed E-state index contributed by atoms with van der Waals surface area (Å²) in [5.41, 5.74) is 3.70. The smallest absolute Gasteiger partial charge is 0.133 e. The Morgan fingerprint density at radius 3 is 2.77 bits per heavy atom. The van der Waals surface area contributed by atoms with Crippen LogP contribution in [0.3, 0.4) is 0 Å². The summed E-state index contributed by atoms with van der Waals surface area (Å²) in [7, 11) is 1.95. The van der Waals surface area contributed by atoms with Crippen LogP contribution in [0.2, 0.25) is 0 Å². The van der Waals surface area contributed by atoms with Crippen molar-refractivity contribution in [1.29, 1.82) is 0 Å². The van der Waals surface area contributed by atoms with Crippen LogP contribution in [0.1, 0.15) is 48.9 Å². The van der Waals surface area contributed by atoms with Gasteiger partial charge in [0, 0.05) is 57.0 Å². The molecule has 0 radical (unpaired) electrons. The van der Waals surface area contributed by atoms with Gasteiger partial charge in [0.15, 0.2) is 0 Å². The Bertz CT molecular complexity index is 719. The zero-order valence-corrected chi connectivity index (χ0v) is 15.8. The molecule has 6 nitrogen and oxygen atoms in total. The fourth-order valence-corrected chi connectivity index (χ4v) is 4.39. The molecule has 0 saturated heterocycles. The lowest BCUT2D eigenvalue weighted by Gasteiger charge is -2.28. The maximum Gasteiger partial charge on any atom is 0.133 e. The number of aromatic nitrogens is 4. The molecular weight excluding hydrogens is 324 g/mol.